The van der Waals surface area contributed by atoms with Crippen molar-refractivity contribution < 1.29 is 31.1 Å². The van der Waals surface area contributed by atoms with Gasteiger partial charge in [0, 0.05) is 24.0 Å². The lowest BCUT2D eigenvalue weighted by atomic mass is 10.1. The highest BCUT2D eigenvalue weighted by Gasteiger charge is 2.35. The molecule has 4 aromatic rings. The molecule has 38 heavy (non-hydrogen) atoms. The molecule has 0 saturated carbocycles. The number of ether oxygens (including phenoxy) is 2. The van der Waals surface area contributed by atoms with E-state index in [0.717, 1.165) is 6.07 Å². The van der Waals surface area contributed by atoms with Crippen LogP contribution < -0.4 is 15.0 Å². The Bertz CT molecular complexity index is 1620. The Kier molecular flexibility index (Phi) is 7.49. The molecular weight excluding hydrogens is 525 g/mol. The van der Waals surface area contributed by atoms with Gasteiger partial charge in [0.05, 0.1) is 32.2 Å². The first-order valence-corrected chi connectivity index (χ1v) is 12.7. The summed E-state index contributed by atoms with van der Waals surface area (Å²) in [5.41, 5.74) is -1.31. The second kappa shape index (κ2) is 10.6. The summed E-state index contributed by atoms with van der Waals surface area (Å²) in [5.74, 6) is 0.230. The minimum atomic E-state index is -4.94. The van der Waals surface area contributed by atoms with Crippen LogP contribution in [0.3, 0.4) is 0 Å². The van der Waals surface area contributed by atoms with Crippen LogP contribution in [0.5, 0.6) is 11.5 Å². The van der Waals surface area contributed by atoms with Gasteiger partial charge in [-0.05, 0) is 42.0 Å². The van der Waals surface area contributed by atoms with Gasteiger partial charge in [0.25, 0.3) is 5.56 Å². The number of halogens is 3. The molecule has 0 saturated heterocycles. The number of sulfone groups is 1. The Labute approximate surface area is 215 Å². The smallest absolute Gasteiger partial charge is 0.433 e. The van der Waals surface area contributed by atoms with Gasteiger partial charge in [-0.3, -0.25) is 9.78 Å². The lowest BCUT2D eigenvalue weighted by Crippen LogP contribution is -2.20. The highest BCUT2D eigenvalue weighted by atomic mass is 32.2. The largest absolute Gasteiger partial charge is 0.493 e. The van der Waals surface area contributed by atoms with E-state index in [-0.39, 0.29) is 23.5 Å². The number of methoxy groups -OCH3 is 2. The van der Waals surface area contributed by atoms with Crippen molar-refractivity contribution in [3.63, 3.8) is 0 Å². The summed E-state index contributed by atoms with van der Waals surface area (Å²) in [6, 6.07) is 12.6. The first-order valence-electron chi connectivity index (χ1n) is 11.0. The van der Waals surface area contributed by atoms with Gasteiger partial charge in [-0.2, -0.15) is 13.2 Å². The SMILES string of the molecule is COc1ccc(Cn2cc(-c3cc(C(F)(F)F)nc(S(=O)(=O)Cc4ccccn4)n3)ccc2=O)cc1OC. The van der Waals surface area contributed by atoms with Crippen molar-refractivity contribution in [2.24, 2.45) is 0 Å². The van der Waals surface area contributed by atoms with E-state index in [4.69, 9.17) is 9.47 Å². The second-order valence-electron chi connectivity index (χ2n) is 8.07. The van der Waals surface area contributed by atoms with Gasteiger partial charge < -0.3 is 14.0 Å². The lowest BCUT2D eigenvalue weighted by molar-refractivity contribution is -0.141. The number of alkyl halides is 3. The summed E-state index contributed by atoms with van der Waals surface area (Å²) in [6.45, 7) is 0.0507. The molecule has 0 spiro atoms. The van der Waals surface area contributed by atoms with Gasteiger partial charge in [0.1, 0.15) is 11.4 Å². The minimum absolute atomic E-state index is 0.0507. The van der Waals surface area contributed by atoms with E-state index >= 15 is 0 Å². The topological polar surface area (TPSA) is 113 Å². The van der Waals surface area contributed by atoms with Crippen molar-refractivity contribution in [2.45, 2.75) is 23.6 Å². The highest BCUT2D eigenvalue weighted by Crippen LogP contribution is 2.32. The average molecular weight is 547 g/mol. The third kappa shape index (κ3) is 5.99. The standard InChI is InChI=1S/C25H21F3N4O5S/c1-36-20-8-6-16(11-21(20)37-2)13-32-14-17(7-9-23(32)33)19-12-22(25(26,27)28)31-24(30-19)38(34,35)15-18-5-3-4-10-29-18/h3-12,14H,13,15H2,1-2H3. The molecule has 3 aromatic heterocycles. The number of aromatic nitrogens is 4. The number of nitrogens with zero attached hydrogens (tertiary/aromatic N) is 4. The molecule has 0 bridgehead atoms. The summed E-state index contributed by atoms with van der Waals surface area (Å²) in [5, 5.41) is -0.995. The number of pyridine rings is 2. The Balaban J connectivity index is 1.76. The van der Waals surface area contributed by atoms with E-state index in [1.807, 2.05) is 0 Å². The Morgan fingerprint density at radius 2 is 1.71 bits per heavy atom. The summed E-state index contributed by atoms with van der Waals surface area (Å²) in [7, 11) is -1.45. The Hall–Kier alpha value is -4.26. The number of hydrogen-bond donors (Lipinski definition) is 0. The molecule has 0 unspecified atom stereocenters. The van der Waals surface area contributed by atoms with Gasteiger partial charge in [-0.25, -0.2) is 18.4 Å². The van der Waals surface area contributed by atoms with E-state index in [1.54, 1.807) is 30.3 Å². The molecule has 0 fully saturated rings. The third-order valence-electron chi connectivity index (χ3n) is 5.42. The van der Waals surface area contributed by atoms with Crippen LogP contribution in [-0.4, -0.2) is 42.2 Å². The van der Waals surface area contributed by atoms with Crippen LogP contribution in [0.25, 0.3) is 11.3 Å². The summed E-state index contributed by atoms with van der Waals surface area (Å²) < 4.78 is 78.6. The lowest BCUT2D eigenvalue weighted by Gasteiger charge is -2.13. The van der Waals surface area contributed by atoms with Crippen molar-refractivity contribution in [3.05, 3.63) is 94.3 Å². The van der Waals surface area contributed by atoms with Gasteiger partial charge >= 0.3 is 6.18 Å². The van der Waals surface area contributed by atoms with Gasteiger partial charge in [0.2, 0.25) is 15.0 Å². The third-order valence-corrected chi connectivity index (χ3v) is 6.83. The van der Waals surface area contributed by atoms with Crippen LogP contribution >= 0.6 is 0 Å². The van der Waals surface area contributed by atoms with Crippen molar-refractivity contribution in [1.29, 1.82) is 0 Å². The molecule has 9 nitrogen and oxygen atoms in total. The molecule has 3 heterocycles. The maximum atomic E-state index is 13.7. The normalized spacial score (nSPS) is 11.8. The van der Waals surface area contributed by atoms with Gasteiger partial charge in [0.15, 0.2) is 11.5 Å². The quantitative estimate of drug-likeness (QED) is 0.307. The number of rotatable bonds is 8. The van der Waals surface area contributed by atoms with Crippen molar-refractivity contribution in [2.75, 3.05) is 14.2 Å². The summed E-state index contributed by atoms with van der Waals surface area (Å²) in [4.78, 5) is 23.7. The maximum absolute atomic E-state index is 13.7. The van der Waals surface area contributed by atoms with E-state index in [9.17, 15) is 26.4 Å². The highest BCUT2D eigenvalue weighted by molar-refractivity contribution is 7.90. The van der Waals surface area contributed by atoms with Crippen molar-refractivity contribution >= 4 is 9.84 Å². The summed E-state index contributed by atoms with van der Waals surface area (Å²) >= 11 is 0. The van der Waals surface area contributed by atoms with Gasteiger partial charge in [-0.15, -0.1) is 0 Å². The van der Waals surface area contributed by atoms with Gasteiger partial charge in [-0.1, -0.05) is 12.1 Å². The predicted octanol–water partition coefficient (Wildman–Crippen LogP) is 3.76. The zero-order valence-corrected chi connectivity index (χ0v) is 21.0. The fraction of sp³-hybridized carbons (Fsp3) is 0.200. The van der Waals surface area contributed by atoms with E-state index in [0.29, 0.717) is 23.1 Å². The first-order chi connectivity index (χ1) is 18.0. The molecule has 0 amide bonds. The zero-order chi connectivity index (χ0) is 27.5. The Morgan fingerprint density at radius 3 is 2.37 bits per heavy atom. The molecule has 0 aliphatic rings. The fourth-order valence-electron chi connectivity index (χ4n) is 3.58. The molecule has 13 heteroatoms. The van der Waals surface area contributed by atoms with E-state index in [2.05, 4.69) is 15.0 Å². The van der Waals surface area contributed by atoms with Crippen LogP contribution in [0.2, 0.25) is 0 Å². The zero-order valence-electron chi connectivity index (χ0n) is 20.1. The minimum Gasteiger partial charge on any atom is -0.493 e. The number of benzene rings is 1. The van der Waals surface area contributed by atoms with Crippen LogP contribution in [0.4, 0.5) is 13.2 Å². The molecule has 198 valence electrons. The van der Waals surface area contributed by atoms with Crippen LogP contribution in [0.15, 0.2) is 76.9 Å². The molecule has 0 radical (unpaired) electrons. The first kappa shape index (κ1) is 26.8. The van der Waals surface area contributed by atoms with Crippen molar-refractivity contribution in [1.82, 2.24) is 19.5 Å². The van der Waals surface area contributed by atoms with E-state index < -0.39 is 38.2 Å². The molecular formula is C25H21F3N4O5S. The summed E-state index contributed by atoms with van der Waals surface area (Å²) in [6.07, 6.45) is -2.28. The van der Waals surface area contributed by atoms with Crippen molar-refractivity contribution in [3.8, 4) is 22.8 Å². The molecule has 0 atom stereocenters. The monoisotopic (exact) mass is 546 g/mol. The van der Waals surface area contributed by atoms with Crippen LogP contribution in [0, 0.1) is 0 Å². The molecule has 4 rings (SSSR count). The molecule has 1 aromatic carbocycles. The van der Waals surface area contributed by atoms with Crippen LogP contribution in [0.1, 0.15) is 17.0 Å². The molecule has 0 aliphatic heterocycles. The molecule has 0 aliphatic carbocycles. The van der Waals surface area contributed by atoms with E-state index in [1.165, 1.54) is 43.3 Å². The average Bonchev–Trinajstić information content (AvgIpc) is 2.89. The Morgan fingerprint density at radius 1 is 0.947 bits per heavy atom. The maximum Gasteiger partial charge on any atom is 0.433 e. The van der Waals surface area contributed by atoms with Crippen LogP contribution in [-0.2, 0) is 28.3 Å². The molecule has 0 N–H and O–H groups in total. The fourth-order valence-corrected chi connectivity index (χ4v) is 4.75. The predicted molar refractivity (Wildman–Crippen MR) is 131 cm³/mol. The number of hydrogen-bond acceptors (Lipinski definition) is 8. The second-order valence-corrected chi connectivity index (χ2v) is 9.96.